The molecular weight excluding hydrogens is 681 g/mol. The molecule has 4 aromatic rings. The number of anilines is 1. The fraction of sp³-hybridized carbons (Fsp3) is 0.294. The molecule has 6 amide bonds. The number of nitrogens with zero attached hydrogens (tertiary/aromatic N) is 3. The first-order valence-electron chi connectivity index (χ1n) is 15.7. The molecule has 0 aliphatic carbocycles. The van der Waals surface area contributed by atoms with Crippen LogP contribution in [0.5, 0.6) is 0 Å². The highest BCUT2D eigenvalue weighted by Crippen LogP contribution is 2.44. The predicted molar refractivity (Wildman–Crippen MR) is 193 cm³/mol. The van der Waals surface area contributed by atoms with Crippen molar-refractivity contribution in [3.05, 3.63) is 66.5 Å². The zero-order valence-corrected chi connectivity index (χ0v) is 29.1. The summed E-state index contributed by atoms with van der Waals surface area (Å²) in [6.07, 6.45) is 5.44. The van der Waals surface area contributed by atoms with Gasteiger partial charge in [-0.15, -0.1) is 0 Å². The third-order valence-corrected chi connectivity index (χ3v) is 9.95. The molecule has 0 saturated carbocycles. The van der Waals surface area contributed by atoms with E-state index in [1.54, 1.807) is 36.7 Å². The molecule has 2 atom stereocenters. The number of benzene rings is 2. The number of rotatable bonds is 18. The second-order valence-corrected chi connectivity index (χ2v) is 13.6. The van der Waals surface area contributed by atoms with Gasteiger partial charge in [0.05, 0.1) is 11.0 Å². The lowest BCUT2D eigenvalue weighted by Crippen LogP contribution is -2.43. The van der Waals surface area contributed by atoms with Crippen molar-refractivity contribution in [3.8, 4) is 0 Å². The minimum atomic E-state index is -0.838. The third-order valence-electron chi connectivity index (χ3n) is 7.56. The maximum atomic E-state index is 13.2. The van der Waals surface area contributed by atoms with Crippen molar-refractivity contribution < 1.29 is 28.8 Å². The van der Waals surface area contributed by atoms with Gasteiger partial charge in [0, 0.05) is 71.1 Å². The lowest BCUT2D eigenvalue weighted by molar-refractivity contribution is -0.126. The molecule has 0 spiro atoms. The molecule has 0 bridgehead atoms. The third kappa shape index (κ3) is 10.4. The Morgan fingerprint density at radius 2 is 1.34 bits per heavy atom. The summed E-state index contributed by atoms with van der Waals surface area (Å²) in [5, 5.41) is 9.48. The second kappa shape index (κ2) is 18.0. The molecule has 0 unspecified atom stereocenters. The van der Waals surface area contributed by atoms with E-state index in [0.29, 0.717) is 36.0 Å². The summed E-state index contributed by atoms with van der Waals surface area (Å²) in [6, 6.07) is 12.9. The number of hydrogen-bond donors (Lipinski definition) is 5. The summed E-state index contributed by atoms with van der Waals surface area (Å²) in [6.45, 7) is 3.15. The molecule has 0 fully saturated rings. The highest BCUT2D eigenvalue weighted by molar-refractivity contribution is 8.76. The van der Waals surface area contributed by atoms with Crippen LogP contribution >= 0.6 is 21.6 Å². The van der Waals surface area contributed by atoms with Crippen LogP contribution in [0.2, 0.25) is 0 Å². The molecule has 0 radical (unpaired) electrons. The van der Waals surface area contributed by atoms with Gasteiger partial charge in [0.1, 0.15) is 12.1 Å². The minimum absolute atomic E-state index is 0.263. The molecule has 14 nitrogen and oxygen atoms in total. The van der Waals surface area contributed by atoms with Crippen molar-refractivity contribution in [1.82, 2.24) is 25.9 Å². The Balaban J connectivity index is 1.52. The molecule has 2 heterocycles. The highest BCUT2D eigenvalue weighted by atomic mass is 33.1. The first-order valence-corrected chi connectivity index (χ1v) is 17.9. The number of pyridine rings is 2. The molecule has 2 aromatic carbocycles. The van der Waals surface area contributed by atoms with Gasteiger partial charge in [-0.3, -0.25) is 38.7 Å². The standard InChI is InChI=1S/C34H38N8O6S2/c1-20(44)40-26(32(35)46)9-5-13-39-34(48)24-15-22-7-3-11-37-30(22)28(17-24)49-50-29-18-25(16-23-8-4-12-38-31(23)29)42(19-43)14-6-10-27(33(36)47)41-21(2)45/h3-4,7-8,11-12,15-19,26-27H,5-6,9-10,13-14H2,1-2H3,(H2,35,46)(H2,36,47)(H,39,48)(H,40,44)(H,41,45)/t26-,27-/m1/s1. The Kier molecular flexibility index (Phi) is 13.5. The van der Waals surface area contributed by atoms with Crippen LogP contribution in [-0.4, -0.2) is 71.1 Å². The Labute approximate surface area is 296 Å². The van der Waals surface area contributed by atoms with E-state index in [9.17, 15) is 28.8 Å². The molecule has 2 aromatic heterocycles. The van der Waals surface area contributed by atoms with Crippen LogP contribution in [0.15, 0.2) is 70.7 Å². The predicted octanol–water partition coefficient (Wildman–Crippen LogP) is 2.82. The number of amides is 6. The molecule has 4 rings (SSSR count). The van der Waals surface area contributed by atoms with E-state index >= 15 is 0 Å². The smallest absolute Gasteiger partial charge is 0.251 e. The van der Waals surface area contributed by atoms with E-state index < -0.39 is 23.9 Å². The van der Waals surface area contributed by atoms with E-state index in [4.69, 9.17) is 11.5 Å². The topological polar surface area (TPSA) is 220 Å². The van der Waals surface area contributed by atoms with Crippen LogP contribution in [0.25, 0.3) is 21.8 Å². The van der Waals surface area contributed by atoms with Crippen LogP contribution in [0, 0.1) is 0 Å². The van der Waals surface area contributed by atoms with Gasteiger partial charge in [0.25, 0.3) is 5.91 Å². The highest BCUT2D eigenvalue weighted by Gasteiger charge is 2.19. The van der Waals surface area contributed by atoms with E-state index in [1.165, 1.54) is 40.3 Å². The maximum absolute atomic E-state index is 13.2. The zero-order valence-electron chi connectivity index (χ0n) is 27.5. The van der Waals surface area contributed by atoms with Crippen molar-refractivity contribution >= 4 is 85.0 Å². The monoisotopic (exact) mass is 718 g/mol. The number of nitrogens with two attached hydrogens (primary N) is 2. The van der Waals surface area contributed by atoms with Gasteiger partial charge < -0.3 is 32.3 Å². The Morgan fingerprint density at radius 1 is 0.800 bits per heavy atom. The van der Waals surface area contributed by atoms with Crippen LogP contribution < -0.4 is 32.3 Å². The molecule has 7 N–H and O–H groups in total. The molecule has 0 saturated heterocycles. The lowest BCUT2D eigenvalue weighted by Gasteiger charge is -2.21. The van der Waals surface area contributed by atoms with Crippen LogP contribution in [0.3, 0.4) is 0 Å². The van der Waals surface area contributed by atoms with Crippen LogP contribution in [-0.2, 0) is 24.0 Å². The number of carbonyl (C=O) groups is 6. The molecular formula is C34H38N8O6S2. The average Bonchev–Trinajstić information content (AvgIpc) is 3.08. The fourth-order valence-corrected chi connectivity index (χ4v) is 7.52. The summed E-state index contributed by atoms with van der Waals surface area (Å²) in [5.41, 5.74) is 13.3. The molecule has 0 aliphatic heterocycles. The molecule has 16 heteroatoms. The first kappa shape index (κ1) is 37.6. The summed E-state index contributed by atoms with van der Waals surface area (Å²) < 4.78 is 0. The van der Waals surface area contributed by atoms with Crippen molar-refractivity contribution in [2.45, 2.75) is 61.4 Å². The van der Waals surface area contributed by atoms with Crippen LogP contribution in [0.4, 0.5) is 5.69 Å². The van der Waals surface area contributed by atoms with Gasteiger partial charge in [0.15, 0.2) is 0 Å². The second-order valence-electron chi connectivity index (χ2n) is 11.4. The van der Waals surface area contributed by atoms with Gasteiger partial charge in [-0.1, -0.05) is 33.7 Å². The van der Waals surface area contributed by atoms with Crippen molar-refractivity contribution in [2.75, 3.05) is 18.0 Å². The van der Waals surface area contributed by atoms with E-state index in [1.807, 2.05) is 24.3 Å². The summed E-state index contributed by atoms with van der Waals surface area (Å²) in [4.78, 5) is 83.8. The average molecular weight is 719 g/mol. The van der Waals surface area contributed by atoms with Crippen molar-refractivity contribution in [2.24, 2.45) is 11.5 Å². The minimum Gasteiger partial charge on any atom is -0.368 e. The van der Waals surface area contributed by atoms with Gasteiger partial charge in [-0.2, -0.15) is 0 Å². The van der Waals surface area contributed by atoms with Gasteiger partial charge >= 0.3 is 0 Å². The van der Waals surface area contributed by atoms with Crippen molar-refractivity contribution in [1.29, 1.82) is 0 Å². The van der Waals surface area contributed by atoms with E-state index in [2.05, 4.69) is 25.9 Å². The number of fused-ring (bicyclic) bond motifs is 2. The molecule has 0 aliphatic rings. The number of aromatic nitrogens is 2. The SMILES string of the molecule is CC(=O)N[C@H](CCCNC(=O)c1cc(SSc2cc(N(C=O)CCC[C@@H](NC(C)=O)C(N)=O)cc3cccnc23)c2ncccc2c1)C(N)=O. The van der Waals surface area contributed by atoms with Gasteiger partial charge in [-0.05, 0) is 62.1 Å². The Morgan fingerprint density at radius 3 is 1.88 bits per heavy atom. The lowest BCUT2D eigenvalue weighted by atomic mass is 10.1. The van der Waals surface area contributed by atoms with Crippen LogP contribution in [0.1, 0.15) is 49.9 Å². The fourth-order valence-electron chi connectivity index (χ4n) is 5.20. The Bertz CT molecular complexity index is 1910. The number of hydrogen-bond acceptors (Lipinski definition) is 10. The van der Waals surface area contributed by atoms with Gasteiger partial charge in [-0.25, -0.2) is 0 Å². The molecule has 50 heavy (non-hydrogen) atoms. The molecule has 262 valence electrons. The zero-order chi connectivity index (χ0) is 36.2. The normalized spacial score (nSPS) is 12.1. The van der Waals surface area contributed by atoms with E-state index in [-0.39, 0.29) is 43.7 Å². The number of carbonyl (C=O) groups excluding carboxylic acids is 6. The summed E-state index contributed by atoms with van der Waals surface area (Å²) in [5.74, 6) is -2.34. The first-order chi connectivity index (χ1) is 24.0. The summed E-state index contributed by atoms with van der Waals surface area (Å²) in [7, 11) is 2.80. The number of nitrogens with one attached hydrogen (secondary N) is 3. The number of primary amides is 2. The Hall–Kier alpha value is -5.22. The largest absolute Gasteiger partial charge is 0.368 e. The maximum Gasteiger partial charge on any atom is 0.251 e. The van der Waals surface area contributed by atoms with Crippen molar-refractivity contribution in [3.63, 3.8) is 0 Å². The quantitative estimate of drug-likeness (QED) is 0.0575. The summed E-state index contributed by atoms with van der Waals surface area (Å²) >= 11 is 0. The van der Waals surface area contributed by atoms with E-state index in [0.717, 1.165) is 26.1 Å². The van der Waals surface area contributed by atoms with Gasteiger partial charge in [0.2, 0.25) is 30.0 Å².